The molecule has 1 unspecified atom stereocenters. The minimum atomic E-state index is -5.42. The third-order valence-corrected chi connectivity index (χ3v) is 4.77. The molecule has 0 aliphatic carbocycles. The number of allylic oxidation sites excluding steroid dienone is 1. The van der Waals surface area contributed by atoms with E-state index in [0.717, 1.165) is 0 Å². The molecule has 0 aromatic heterocycles. The summed E-state index contributed by atoms with van der Waals surface area (Å²) in [5.41, 5.74) is 1.77. The first-order valence-corrected chi connectivity index (χ1v) is 27.0. The van der Waals surface area contributed by atoms with Crippen LogP contribution in [0, 0.1) is 5.41 Å². The van der Waals surface area contributed by atoms with Crippen LogP contribution in [-0.4, -0.2) is 15.4 Å². The van der Waals surface area contributed by atoms with Gasteiger partial charge < -0.3 is 0 Å². The fraction of sp³-hybridized carbons (Fsp3) is 0.385. The van der Waals surface area contributed by atoms with Crippen LogP contribution in [0.15, 0.2) is 35.2 Å². The molecule has 2 rings (SSSR count). The molecule has 1 atom stereocenters. The molecule has 0 spiro atoms. The van der Waals surface area contributed by atoms with Gasteiger partial charge in [0.05, 0.1) is 10.9 Å². The fourth-order valence-electron chi connectivity index (χ4n) is 1.92. The Morgan fingerprint density at radius 1 is 0.857 bits per heavy atom. The van der Waals surface area contributed by atoms with E-state index in [1.165, 1.54) is 5.56 Å². The molecule has 0 nitrogen and oxygen atoms in total. The zero-order valence-electron chi connectivity index (χ0n) is 12.0. The molecule has 8 heteroatoms. The van der Waals surface area contributed by atoms with Crippen molar-refractivity contribution >= 4 is 77.9 Å². The average molecular weight is 540 g/mol. The first-order valence-electron chi connectivity index (χ1n) is 5.99. The Labute approximate surface area is 149 Å². The summed E-state index contributed by atoms with van der Waals surface area (Å²) >= 11 is 0. The van der Waals surface area contributed by atoms with Crippen LogP contribution < -0.4 is 0 Å². The van der Waals surface area contributed by atoms with Gasteiger partial charge in [0, 0.05) is 11.0 Å². The van der Waals surface area contributed by atoms with Crippen molar-refractivity contribution in [3.05, 3.63) is 40.8 Å². The van der Waals surface area contributed by atoms with E-state index < -0.39 is 9.14 Å². The number of rotatable bonds is 1. The van der Waals surface area contributed by atoms with Crippen molar-refractivity contribution in [3.8, 4) is 0 Å². The van der Waals surface area contributed by atoms with Gasteiger partial charge in [-0.15, -0.1) is 0 Å². The number of hydrogen-bond donors (Lipinski definition) is 0. The van der Waals surface area contributed by atoms with E-state index in [2.05, 4.69) is 57.4 Å². The van der Waals surface area contributed by atoms with E-state index in [1.807, 2.05) is 0 Å². The maximum absolute atomic E-state index is 5.42. The molecule has 1 aliphatic heterocycles. The molecule has 1 aromatic carbocycles. The van der Waals surface area contributed by atoms with Crippen molar-refractivity contribution in [2.24, 2.45) is 5.41 Å². The van der Waals surface area contributed by atoms with Crippen LogP contribution in [0.1, 0.15) is 26.3 Å². The number of hydrogen-bond acceptors (Lipinski definition) is 0. The average Bonchev–Trinajstić information content (AvgIpc) is 2.86. The fourth-order valence-corrected chi connectivity index (χ4v) is 4.44. The van der Waals surface area contributed by atoms with Crippen LogP contribution in [0.2, 0.25) is 0 Å². The molecule has 122 valence electrons. The van der Waals surface area contributed by atoms with Crippen LogP contribution in [-0.2, 0) is 10.9 Å². The molecule has 1 aromatic rings. The predicted molar refractivity (Wildman–Crippen MR) is 107 cm³/mol. The Morgan fingerprint density at radius 2 is 1.24 bits per heavy atom. The molecule has 0 amide bonds. The molecule has 1 aliphatic rings. The summed E-state index contributed by atoms with van der Waals surface area (Å²) in [5.74, 6) is 0. The molecule has 0 fully saturated rings. The van der Waals surface area contributed by atoms with Gasteiger partial charge in [-0.25, -0.2) is 0 Å². The van der Waals surface area contributed by atoms with Gasteiger partial charge in [0.15, 0.2) is 4.91 Å². The first kappa shape index (κ1) is 20.9. The zero-order valence-corrected chi connectivity index (χ0v) is 19.9. The summed E-state index contributed by atoms with van der Waals surface area (Å²) in [6.45, 7) is 6.92. The first-order chi connectivity index (χ1) is 8.97. The summed E-state index contributed by atoms with van der Waals surface area (Å²) in [5, 5.41) is 0. The molecular weight excluding hydrogens is 523 g/mol. The maximum atomic E-state index is 5.06. The third-order valence-electron chi connectivity index (χ3n) is 2.49. The summed E-state index contributed by atoms with van der Waals surface area (Å²) < 4.78 is 0. The summed E-state index contributed by atoms with van der Waals surface area (Å²) in [6.07, 6.45) is 2.34. The van der Waals surface area contributed by atoms with Crippen molar-refractivity contribution in [1.29, 1.82) is 0 Å². The Bertz CT molecular complexity index is 542. The Balaban J connectivity index is 0.000000270. The Hall–Kier alpha value is 1.87. The van der Waals surface area contributed by atoms with Crippen LogP contribution in [0.4, 0.5) is 0 Å². The van der Waals surface area contributed by atoms with E-state index in [1.54, 1.807) is 9.81 Å². The standard InChI is InChI=1S/C13H17S.6ClH.Sb/c1-13(2,3)12-11(14(12)4)10-8-6-5-7-9-10;;;;;;;/h5-9H,1-4H3;6*1H;/q+1;;;;;;;+5/p-6. The molecule has 0 saturated heterocycles. The molecular formula is C13H17Cl6SSb. The minimum absolute atomic E-state index is 0.350. The third kappa shape index (κ3) is 9.68. The second-order valence-corrected chi connectivity index (χ2v) is 64.5. The second kappa shape index (κ2) is 5.99. The van der Waals surface area contributed by atoms with Crippen LogP contribution in [0.5, 0.6) is 0 Å². The monoisotopic (exact) mass is 536 g/mol. The summed E-state index contributed by atoms with van der Waals surface area (Å²) in [7, 11) is 25.4. The van der Waals surface area contributed by atoms with Crippen molar-refractivity contribution in [2.75, 3.05) is 6.26 Å². The van der Waals surface area contributed by atoms with Crippen LogP contribution in [0.25, 0.3) is 4.91 Å². The molecule has 1 heterocycles. The SMILES string of the molecule is C[S+]1C(c2ccccc2)=C1C(C)(C)C.[Cl][Sb-]([Cl])([Cl])([Cl])([Cl])[Cl]. The van der Waals surface area contributed by atoms with Gasteiger partial charge in [0.25, 0.3) is 0 Å². The topological polar surface area (TPSA) is 0 Å². The Morgan fingerprint density at radius 3 is 1.52 bits per heavy atom. The quantitative estimate of drug-likeness (QED) is 0.257. The molecule has 0 bridgehead atoms. The number of halogens is 6. The van der Waals surface area contributed by atoms with Gasteiger partial charge in [-0.1, -0.05) is 39.0 Å². The second-order valence-electron chi connectivity index (χ2n) is 5.74. The van der Waals surface area contributed by atoms with Crippen LogP contribution >= 0.6 is 53.0 Å². The molecule has 0 N–H and O–H groups in total. The molecule has 0 saturated carbocycles. The summed E-state index contributed by atoms with van der Waals surface area (Å²) in [6, 6.07) is 10.8. The summed E-state index contributed by atoms with van der Waals surface area (Å²) in [4.78, 5) is 3.25. The van der Waals surface area contributed by atoms with Gasteiger partial charge in [0.2, 0.25) is 4.91 Å². The van der Waals surface area contributed by atoms with Crippen molar-refractivity contribution < 1.29 is 0 Å². The van der Waals surface area contributed by atoms with E-state index in [9.17, 15) is 0 Å². The van der Waals surface area contributed by atoms with Gasteiger partial charge in [-0.2, -0.15) is 0 Å². The van der Waals surface area contributed by atoms with E-state index in [0.29, 0.717) is 16.3 Å². The molecule has 0 radical (unpaired) electrons. The van der Waals surface area contributed by atoms with Crippen molar-refractivity contribution in [3.63, 3.8) is 0 Å². The van der Waals surface area contributed by atoms with E-state index in [4.69, 9.17) is 53.0 Å². The zero-order chi connectivity index (χ0) is 16.8. The van der Waals surface area contributed by atoms with E-state index >= 15 is 0 Å². The Kier molecular flexibility index (Phi) is 5.97. The molecule has 21 heavy (non-hydrogen) atoms. The van der Waals surface area contributed by atoms with Crippen molar-refractivity contribution in [2.45, 2.75) is 20.8 Å². The van der Waals surface area contributed by atoms with Crippen LogP contribution in [0.3, 0.4) is 0 Å². The van der Waals surface area contributed by atoms with Gasteiger partial charge in [-0.05, 0) is 12.1 Å². The van der Waals surface area contributed by atoms with Crippen molar-refractivity contribution in [1.82, 2.24) is 0 Å². The normalized spacial score (nSPS) is 21.9. The predicted octanol–water partition coefficient (Wildman–Crippen LogP) is 7.42. The van der Waals surface area contributed by atoms with E-state index in [-0.39, 0.29) is 0 Å². The van der Waals surface area contributed by atoms with Gasteiger partial charge in [-0.3, -0.25) is 0 Å². The van der Waals surface area contributed by atoms with Gasteiger partial charge >= 0.3 is 62.1 Å². The number of benzene rings is 1. The van der Waals surface area contributed by atoms with Gasteiger partial charge in [0.1, 0.15) is 6.26 Å².